The average molecular weight is 308 g/mol. The van der Waals surface area contributed by atoms with E-state index in [1.165, 1.54) is 25.7 Å². The van der Waals surface area contributed by atoms with Crippen LogP contribution in [0.3, 0.4) is 0 Å². The minimum atomic E-state index is -0.172. The summed E-state index contributed by atoms with van der Waals surface area (Å²) < 4.78 is 5.20. The Morgan fingerprint density at radius 2 is 2.10 bits per heavy atom. The Morgan fingerprint density at radius 1 is 1.33 bits per heavy atom. The van der Waals surface area contributed by atoms with E-state index < -0.39 is 0 Å². The Balaban J connectivity index is 1.85. The highest BCUT2D eigenvalue weighted by Gasteiger charge is 2.17. The number of carbonyl (C=O) groups is 1. The van der Waals surface area contributed by atoms with Crippen molar-refractivity contribution >= 4 is 23.5 Å². The molecule has 0 unspecified atom stereocenters. The molecule has 0 bridgehead atoms. The summed E-state index contributed by atoms with van der Waals surface area (Å²) in [5, 5.41) is 6.43. The van der Waals surface area contributed by atoms with Gasteiger partial charge in [-0.3, -0.25) is 0 Å². The highest BCUT2D eigenvalue weighted by atomic mass is 32.2. The first-order valence-electron chi connectivity index (χ1n) is 7.68. The van der Waals surface area contributed by atoms with Crippen LogP contribution in [0.1, 0.15) is 32.6 Å². The molecule has 116 valence electrons. The first kappa shape index (κ1) is 16.2. The van der Waals surface area contributed by atoms with Crippen LogP contribution in [-0.2, 0) is 4.74 Å². The van der Waals surface area contributed by atoms with Gasteiger partial charge in [-0.15, -0.1) is 11.8 Å². The van der Waals surface area contributed by atoms with Gasteiger partial charge in [-0.05, 0) is 31.9 Å². The molecule has 21 heavy (non-hydrogen) atoms. The highest BCUT2D eigenvalue weighted by molar-refractivity contribution is 8.00. The van der Waals surface area contributed by atoms with Gasteiger partial charge >= 0.3 is 6.03 Å². The molecule has 5 heteroatoms. The van der Waals surface area contributed by atoms with Crippen LogP contribution in [0.4, 0.5) is 10.5 Å². The number of thioether (sulfide) groups is 1. The van der Waals surface area contributed by atoms with E-state index in [4.69, 9.17) is 4.74 Å². The smallest absolute Gasteiger partial charge is 0.319 e. The van der Waals surface area contributed by atoms with E-state index in [1.54, 1.807) is 0 Å². The lowest BCUT2D eigenvalue weighted by molar-refractivity contribution is 0.150. The Morgan fingerprint density at radius 3 is 2.86 bits per heavy atom. The highest BCUT2D eigenvalue weighted by Crippen LogP contribution is 2.37. The molecule has 0 atom stereocenters. The number of nitrogens with one attached hydrogen (secondary N) is 2. The summed E-state index contributed by atoms with van der Waals surface area (Å²) in [4.78, 5) is 13.0. The molecule has 4 nitrogen and oxygen atoms in total. The lowest BCUT2D eigenvalue weighted by Gasteiger charge is -2.14. The molecule has 0 heterocycles. The maximum absolute atomic E-state index is 11.9. The van der Waals surface area contributed by atoms with Crippen LogP contribution in [0.25, 0.3) is 0 Å². The Kier molecular flexibility index (Phi) is 6.89. The quantitative estimate of drug-likeness (QED) is 0.752. The molecule has 0 spiro atoms. The Bertz CT molecular complexity index is 448. The largest absolute Gasteiger partial charge is 0.380 e. The fourth-order valence-corrected chi connectivity index (χ4v) is 3.74. The van der Waals surface area contributed by atoms with Crippen molar-refractivity contribution in [3.8, 4) is 0 Å². The van der Waals surface area contributed by atoms with Gasteiger partial charge in [-0.25, -0.2) is 4.79 Å². The molecular weight excluding hydrogens is 284 g/mol. The van der Waals surface area contributed by atoms with Crippen LogP contribution in [0.5, 0.6) is 0 Å². The van der Waals surface area contributed by atoms with Crippen molar-refractivity contribution < 1.29 is 9.53 Å². The SMILES string of the molecule is CCOCCNC(=O)Nc1ccccc1SC1CCCC1. The number of benzene rings is 1. The monoisotopic (exact) mass is 308 g/mol. The lowest BCUT2D eigenvalue weighted by Crippen LogP contribution is -2.31. The second kappa shape index (κ2) is 8.95. The van der Waals surface area contributed by atoms with E-state index in [9.17, 15) is 4.79 Å². The number of rotatable bonds is 7. The molecule has 1 aliphatic rings. The summed E-state index contributed by atoms with van der Waals surface area (Å²) in [5.41, 5.74) is 0.892. The summed E-state index contributed by atoms with van der Waals surface area (Å²) in [6.45, 7) is 3.68. The van der Waals surface area contributed by atoms with E-state index >= 15 is 0 Å². The Hall–Kier alpha value is -1.20. The fourth-order valence-electron chi connectivity index (χ4n) is 2.41. The third-order valence-electron chi connectivity index (χ3n) is 3.47. The second-order valence-electron chi connectivity index (χ2n) is 5.10. The van der Waals surface area contributed by atoms with E-state index in [0.717, 1.165) is 10.6 Å². The van der Waals surface area contributed by atoms with Crippen LogP contribution in [0.2, 0.25) is 0 Å². The molecule has 1 aromatic rings. The van der Waals surface area contributed by atoms with E-state index in [1.807, 2.05) is 36.9 Å². The number of hydrogen-bond acceptors (Lipinski definition) is 3. The van der Waals surface area contributed by atoms with Gasteiger partial charge in [0.05, 0.1) is 12.3 Å². The molecule has 1 saturated carbocycles. The van der Waals surface area contributed by atoms with E-state index in [2.05, 4.69) is 16.7 Å². The molecule has 1 fully saturated rings. The van der Waals surface area contributed by atoms with Crippen molar-refractivity contribution in [3.63, 3.8) is 0 Å². The van der Waals surface area contributed by atoms with Crippen LogP contribution >= 0.6 is 11.8 Å². The standard InChI is InChI=1S/C16H24N2O2S/c1-2-20-12-11-17-16(19)18-14-9-5-6-10-15(14)21-13-7-3-4-8-13/h5-6,9-10,13H,2-4,7-8,11-12H2,1H3,(H2,17,18,19). The van der Waals surface area contributed by atoms with Gasteiger partial charge in [0.1, 0.15) is 0 Å². The van der Waals surface area contributed by atoms with Crippen LogP contribution < -0.4 is 10.6 Å². The third kappa shape index (κ3) is 5.59. The zero-order valence-corrected chi connectivity index (χ0v) is 13.4. The number of anilines is 1. The summed E-state index contributed by atoms with van der Waals surface area (Å²) in [5.74, 6) is 0. The summed E-state index contributed by atoms with van der Waals surface area (Å²) >= 11 is 1.88. The van der Waals surface area contributed by atoms with Gasteiger partial charge in [0.15, 0.2) is 0 Å². The molecule has 2 rings (SSSR count). The zero-order chi connectivity index (χ0) is 14.9. The number of ether oxygens (including phenoxy) is 1. The van der Waals surface area contributed by atoms with Crippen molar-refractivity contribution in [2.24, 2.45) is 0 Å². The van der Waals surface area contributed by atoms with Crippen molar-refractivity contribution in [1.82, 2.24) is 5.32 Å². The molecule has 0 aromatic heterocycles. The molecule has 2 N–H and O–H groups in total. The Labute approximate surface area is 131 Å². The molecule has 1 aliphatic carbocycles. The predicted molar refractivity (Wildman–Crippen MR) is 88.1 cm³/mol. The summed E-state index contributed by atoms with van der Waals surface area (Å²) in [6, 6.07) is 7.84. The minimum absolute atomic E-state index is 0.172. The van der Waals surface area contributed by atoms with Crippen molar-refractivity contribution in [2.45, 2.75) is 42.8 Å². The van der Waals surface area contributed by atoms with Gasteiger partial charge in [0, 0.05) is 23.3 Å². The topological polar surface area (TPSA) is 50.4 Å². The second-order valence-corrected chi connectivity index (χ2v) is 6.44. The minimum Gasteiger partial charge on any atom is -0.380 e. The van der Waals surface area contributed by atoms with Gasteiger partial charge < -0.3 is 15.4 Å². The van der Waals surface area contributed by atoms with Crippen molar-refractivity contribution in [1.29, 1.82) is 0 Å². The normalized spacial score (nSPS) is 15.1. The predicted octanol–water partition coefficient (Wildman–Crippen LogP) is 3.88. The molecule has 0 radical (unpaired) electrons. The van der Waals surface area contributed by atoms with Crippen molar-refractivity contribution in [2.75, 3.05) is 25.1 Å². The molecule has 1 aromatic carbocycles. The number of carbonyl (C=O) groups excluding carboxylic acids is 1. The van der Waals surface area contributed by atoms with Crippen molar-refractivity contribution in [3.05, 3.63) is 24.3 Å². The van der Waals surface area contributed by atoms with Crippen LogP contribution in [0, 0.1) is 0 Å². The maximum atomic E-state index is 11.9. The number of hydrogen-bond donors (Lipinski definition) is 2. The molecule has 2 amide bonds. The zero-order valence-electron chi connectivity index (χ0n) is 12.6. The lowest BCUT2D eigenvalue weighted by atomic mass is 10.3. The molecule has 0 saturated heterocycles. The number of amides is 2. The maximum Gasteiger partial charge on any atom is 0.319 e. The van der Waals surface area contributed by atoms with Gasteiger partial charge in [-0.1, -0.05) is 25.0 Å². The van der Waals surface area contributed by atoms with E-state index in [-0.39, 0.29) is 6.03 Å². The van der Waals surface area contributed by atoms with E-state index in [0.29, 0.717) is 25.0 Å². The van der Waals surface area contributed by atoms with Gasteiger partial charge in [-0.2, -0.15) is 0 Å². The average Bonchev–Trinajstić information content (AvgIpc) is 2.99. The molecule has 0 aliphatic heterocycles. The van der Waals surface area contributed by atoms with Gasteiger partial charge in [0.25, 0.3) is 0 Å². The first-order valence-corrected chi connectivity index (χ1v) is 8.56. The fraction of sp³-hybridized carbons (Fsp3) is 0.562. The molecular formula is C16H24N2O2S. The van der Waals surface area contributed by atoms with Crippen LogP contribution in [-0.4, -0.2) is 31.0 Å². The van der Waals surface area contributed by atoms with Crippen LogP contribution in [0.15, 0.2) is 29.2 Å². The number of para-hydroxylation sites is 1. The summed E-state index contributed by atoms with van der Waals surface area (Å²) in [7, 11) is 0. The summed E-state index contributed by atoms with van der Waals surface area (Å²) in [6.07, 6.45) is 5.20. The third-order valence-corrected chi connectivity index (χ3v) is 4.88. The number of urea groups is 1. The van der Waals surface area contributed by atoms with Gasteiger partial charge in [0.2, 0.25) is 0 Å². The first-order chi connectivity index (χ1) is 10.3.